The average molecular weight is 272 g/mol. The van der Waals surface area contributed by atoms with Gasteiger partial charge in [-0.3, -0.25) is 0 Å². The van der Waals surface area contributed by atoms with Crippen LogP contribution in [0.3, 0.4) is 0 Å². The van der Waals surface area contributed by atoms with Gasteiger partial charge in [0, 0.05) is 19.0 Å². The summed E-state index contributed by atoms with van der Waals surface area (Å²) in [6, 6.07) is 0.221. The zero-order valence-corrected chi connectivity index (χ0v) is 11.3. The fourth-order valence-corrected chi connectivity index (χ4v) is 3.32. The van der Waals surface area contributed by atoms with Gasteiger partial charge in [-0.2, -0.15) is 0 Å². The number of aryl methyl sites for hydroxylation is 1. The molecule has 2 unspecified atom stereocenters. The average Bonchev–Trinajstić information content (AvgIpc) is 2.95. The van der Waals surface area contributed by atoms with Crippen molar-refractivity contribution in [2.45, 2.75) is 43.7 Å². The third-order valence-electron chi connectivity index (χ3n) is 3.37. The fraction of sp³-hybridized carbons (Fsp3) is 0.727. The summed E-state index contributed by atoms with van der Waals surface area (Å²) in [7, 11) is -3.46. The number of rotatable bonds is 5. The zero-order valence-electron chi connectivity index (χ0n) is 10.5. The lowest BCUT2D eigenvalue weighted by Gasteiger charge is -2.10. The molecule has 4 N–H and O–H groups in total. The van der Waals surface area contributed by atoms with E-state index < -0.39 is 10.0 Å². The minimum Gasteiger partial charge on any atom is -0.332 e. The summed E-state index contributed by atoms with van der Waals surface area (Å²) in [6.45, 7) is 2.37. The normalized spacial score (nSPS) is 24.6. The number of nitrogens with one attached hydrogen (secondary N) is 2. The summed E-state index contributed by atoms with van der Waals surface area (Å²) < 4.78 is 26.6. The van der Waals surface area contributed by atoms with Crippen molar-refractivity contribution in [3.05, 3.63) is 12.0 Å². The Morgan fingerprint density at radius 1 is 1.56 bits per heavy atom. The van der Waals surface area contributed by atoms with Crippen LogP contribution in [-0.4, -0.2) is 31.0 Å². The number of aromatic nitrogens is 2. The van der Waals surface area contributed by atoms with Crippen LogP contribution in [0.2, 0.25) is 0 Å². The van der Waals surface area contributed by atoms with E-state index in [-0.39, 0.29) is 11.1 Å². The predicted molar refractivity (Wildman–Crippen MR) is 68.5 cm³/mol. The van der Waals surface area contributed by atoms with Gasteiger partial charge in [-0.15, -0.1) is 0 Å². The second kappa shape index (κ2) is 5.38. The van der Waals surface area contributed by atoms with Crippen molar-refractivity contribution >= 4 is 10.0 Å². The number of nitrogens with zero attached hydrogens (tertiary/aromatic N) is 1. The molecule has 0 radical (unpaired) electrons. The summed E-state index contributed by atoms with van der Waals surface area (Å²) >= 11 is 0. The van der Waals surface area contributed by atoms with Crippen LogP contribution in [0, 0.1) is 5.92 Å². The molecule has 0 aliphatic heterocycles. The van der Waals surface area contributed by atoms with Crippen molar-refractivity contribution in [2.75, 3.05) is 6.54 Å². The Bertz CT molecular complexity index is 497. The molecule has 0 amide bonds. The zero-order chi connectivity index (χ0) is 13.2. The molecule has 2 atom stereocenters. The summed E-state index contributed by atoms with van der Waals surface area (Å²) in [5.41, 5.74) is 5.80. The number of hydrogen-bond acceptors (Lipinski definition) is 4. The molecule has 18 heavy (non-hydrogen) atoms. The smallest absolute Gasteiger partial charge is 0.257 e. The fourth-order valence-electron chi connectivity index (χ4n) is 2.26. The van der Waals surface area contributed by atoms with E-state index in [1.54, 1.807) is 0 Å². The molecular formula is C11H20N4O2S. The summed E-state index contributed by atoms with van der Waals surface area (Å²) in [5, 5.41) is 0.140. The van der Waals surface area contributed by atoms with Crippen LogP contribution in [-0.2, 0) is 16.4 Å². The summed E-state index contributed by atoms with van der Waals surface area (Å²) in [5.74, 6) is 1.03. The van der Waals surface area contributed by atoms with Crippen LogP contribution < -0.4 is 10.5 Å². The van der Waals surface area contributed by atoms with Crippen molar-refractivity contribution in [3.8, 4) is 0 Å². The molecule has 1 aliphatic rings. The van der Waals surface area contributed by atoms with Crippen LogP contribution in [0.5, 0.6) is 0 Å². The number of nitrogens with two attached hydrogens (primary N) is 1. The first-order valence-corrected chi connectivity index (χ1v) is 7.78. The highest BCUT2D eigenvalue weighted by molar-refractivity contribution is 7.89. The molecule has 1 heterocycles. The van der Waals surface area contributed by atoms with E-state index in [1.807, 2.05) is 6.92 Å². The van der Waals surface area contributed by atoms with Gasteiger partial charge in [-0.1, -0.05) is 6.92 Å². The molecule has 0 bridgehead atoms. The Balaban J connectivity index is 1.95. The van der Waals surface area contributed by atoms with E-state index >= 15 is 0 Å². The molecule has 0 saturated heterocycles. The first-order chi connectivity index (χ1) is 8.51. The molecule has 1 fully saturated rings. The molecule has 2 rings (SSSR count). The van der Waals surface area contributed by atoms with Gasteiger partial charge in [0.1, 0.15) is 5.82 Å². The topological polar surface area (TPSA) is 101 Å². The van der Waals surface area contributed by atoms with Gasteiger partial charge in [-0.25, -0.2) is 18.1 Å². The number of H-pyrrole nitrogens is 1. The Kier molecular flexibility index (Phi) is 4.04. The van der Waals surface area contributed by atoms with E-state index in [2.05, 4.69) is 14.7 Å². The highest BCUT2D eigenvalue weighted by Gasteiger charge is 2.24. The molecule has 6 nitrogen and oxygen atoms in total. The van der Waals surface area contributed by atoms with E-state index in [0.717, 1.165) is 19.3 Å². The Morgan fingerprint density at radius 2 is 2.33 bits per heavy atom. The first kappa shape index (κ1) is 13.5. The van der Waals surface area contributed by atoms with Crippen LogP contribution in [0.4, 0.5) is 0 Å². The largest absolute Gasteiger partial charge is 0.332 e. The monoisotopic (exact) mass is 272 g/mol. The predicted octanol–water partition coefficient (Wildman–Crippen LogP) is 0.378. The highest BCUT2D eigenvalue weighted by atomic mass is 32.2. The van der Waals surface area contributed by atoms with Gasteiger partial charge >= 0.3 is 0 Å². The third-order valence-corrected chi connectivity index (χ3v) is 4.71. The lowest BCUT2D eigenvalue weighted by atomic mass is 10.1. The van der Waals surface area contributed by atoms with Crippen LogP contribution in [0.1, 0.15) is 32.0 Å². The highest BCUT2D eigenvalue weighted by Crippen LogP contribution is 2.23. The van der Waals surface area contributed by atoms with Crippen molar-refractivity contribution in [2.24, 2.45) is 11.7 Å². The van der Waals surface area contributed by atoms with Gasteiger partial charge < -0.3 is 10.7 Å². The first-order valence-electron chi connectivity index (χ1n) is 6.30. The Hall–Kier alpha value is -0.920. The SMILES string of the molecule is CCc1ncc(S(=O)(=O)NCC2CCC(N)C2)[nH]1. The second-order valence-electron chi connectivity index (χ2n) is 4.84. The second-order valence-corrected chi connectivity index (χ2v) is 6.57. The molecule has 0 aromatic carbocycles. The minimum atomic E-state index is -3.46. The van der Waals surface area contributed by atoms with Crippen molar-refractivity contribution in [1.29, 1.82) is 0 Å². The van der Waals surface area contributed by atoms with Crippen LogP contribution in [0.15, 0.2) is 11.2 Å². The van der Waals surface area contributed by atoms with Crippen LogP contribution in [0.25, 0.3) is 0 Å². The summed E-state index contributed by atoms with van der Waals surface area (Å²) in [4.78, 5) is 6.80. The van der Waals surface area contributed by atoms with Crippen molar-refractivity contribution < 1.29 is 8.42 Å². The molecule has 1 aromatic rings. The molecule has 1 saturated carbocycles. The van der Waals surface area contributed by atoms with Gasteiger partial charge in [-0.05, 0) is 25.2 Å². The van der Waals surface area contributed by atoms with E-state index in [1.165, 1.54) is 6.20 Å². The third kappa shape index (κ3) is 3.09. The van der Waals surface area contributed by atoms with E-state index in [4.69, 9.17) is 5.73 Å². The van der Waals surface area contributed by atoms with E-state index in [9.17, 15) is 8.42 Å². The van der Waals surface area contributed by atoms with Gasteiger partial charge in [0.15, 0.2) is 5.03 Å². The molecule has 0 spiro atoms. The Labute approximate surface area is 107 Å². The molecule has 7 heteroatoms. The maximum atomic E-state index is 12.0. The van der Waals surface area contributed by atoms with Gasteiger partial charge in [0.05, 0.1) is 6.20 Å². The van der Waals surface area contributed by atoms with Crippen molar-refractivity contribution in [1.82, 2.24) is 14.7 Å². The van der Waals surface area contributed by atoms with E-state index in [0.29, 0.717) is 24.7 Å². The van der Waals surface area contributed by atoms with Crippen LogP contribution >= 0.6 is 0 Å². The number of aromatic amines is 1. The molecule has 102 valence electrons. The standard InChI is InChI=1S/C11H20N4O2S/c1-2-10-13-7-11(15-10)18(16,17)14-6-8-3-4-9(12)5-8/h7-9,14H,2-6,12H2,1H3,(H,13,15). The van der Waals surface area contributed by atoms with Gasteiger partial charge in [0.2, 0.25) is 0 Å². The quantitative estimate of drug-likeness (QED) is 0.721. The molecule has 1 aliphatic carbocycles. The van der Waals surface area contributed by atoms with Gasteiger partial charge in [0.25, 0.3) is 10.0 Å². The maximum Gasteiger partial charge on any atom is 0.257 e. The molecular weight excluding hydrogens is 252 g/mol. The maximum absolute atomic E-state index is 12.0. The summed E-state index contributed by atoms with van der Waals surface area (Å²) in [6.07, 6.45) is 4.92. The Morgan fingerprint density at radius 3 is 2.89 bits per heavy atom. The van der Waals surface area contributed by atoms with Crippen molar-refractivity contribution in [3.63, 3.8) is 0 Å². The lowest BCUT2D eigenvalue weighted by molar-refractivity contribution is 0.511. The number of sulfonamides is 1. The number of imidazole rings is 1. The minimum absolute atomic E-state index is 0.140. The lowest BCUT2D eigenvalue weighted by Crippen LogP contribution is -2.29. The molecule has 1 aromatic heterocycles. The number of hydrogen-bond donors (Lipinski definition) is 3.